The van der Waals surface area contributed by atoms with E-state index in [1.165, 1.54) is 4.31 Å². The molecular weight excluding hydrogens is 526 g/mol. The second-order valence-electron chi connectivity index (χ2n) is 10.6. The van der Waals surface area contributed by atoms with Crippen LogP contribution in [0, 0.1) is 5.92 Å². The molecule has 2 fully saturated rings. The molecule has 8 nitrogen and oxygen atoms in total. The van der Waals surface area contributed by atoms with Crippen LogP contribution in [0.25, 0.3) is 0 Å². The Hall–Kier alpha value is -3.85. The van der Waals surface area contributed by atoms with E-state index in [0.717, 1.165) is 31.5 Å². The Kier molecular flexibility index (Phi) is 7.23. The summed E-state index contributed by atoms with van der Waals surface area (Å²) in [6.07, 6.45) is 3.45. The lowest BCUT2D eigenvalue weighted by atomic mass is 9.94. The van der Waals surface area contributed by atoms with Crippen LogP contribution in [0.1, 0.15) is 47.6 Å². The first-order chi connectivity index (χ1) is 19.4. The molecule has 2 saturated heterocycles. The number of nitrogens with zero attached hydrogens (tertiary/aromatic N) is 3. The van der Waals surface area contributed by atoms with Crippen molar-refractivity contribution in [1.29, 1.82) is 0 Å². The maximum atomic E-state index is 13.9. The Bertz CT molecular complexity index is 1480. The maximum absolute atomic E-state index is 13.9. The van der Waals surface area contributed by atoms with Crippen molar-refractivity contribution in [2.75, 3.05) is 37.1 Å². The highest BCUT2D eigenvalue weighted by Gasteiger charge is 2.39. The Balaban J connectivity index is 1.25. The molecule has 0 aromatic heterocycles. The number of piperidine rings is 1. The Morgan fingerprint density at radius 1 is 0.775 bits per heavy atom. The fourth-order valence-corrected chi connectivity index (χ4v) is 7.62. The number of ether oxygens (including phenoxy) is 1. The molecule has 208 valence electrons. The summed E-state index contributed by atoms with van der Waals surface area (Å²) in [6, 6.07) is 22.2. The smallest absolute Gasteiger partial charge is 0.265 e. The summed E-state index contributed by atoms with van der Waals surface area (Å²) in [6.45, 7) is 2.84. The van der Waals surface area contributed by atoms with Crippen LogP contribution in [-0.4, -0.2) is 62.8 Å². The van der Waals surface area contributed by atoms with Gasteiger partial charge in [0.25, 0.3) is 15.9 Å². The lowest BCUT2D eigenvalue weighted by molar-refractivity contribution is -0.135. The average molecular weight is 560 g/mol. The molecule has 6 rings (SSSR count). The van der Waals surface area contributed by atoms with Gasteiger partial charge in [-0.05, 0) is 61.6 Å². The zero-order valence-electron chi connectivity index (χ0n) is 22.3. The molecule has 3 aliphatic heterocycles. The molecule has 1 atom stereocenters. The van der Waals surface area contributed by atoms with Gasteiger partial charge in [0, 0.05) is 37.7 Å². The van der Waals surface area contributed by atoms with E-state index in [0.29, 0.717) is 42.9 Å². The molecule has 2 amide bonds. The van der Waals surface area contributed by atoms with E-state index < -0.39 is 16.1 Å². The van der Waals surface area contributed by atoms with Gasteiger partial charge in [-0.1, -0.05) is 48.5 Å². The molecular formula is C31H33N3O5S. The number of carbonyl (C=O) groups is 2. The SMILES string of the molecule is O=C(c1ccc2c(c1)OCC(c1ccccc1)N2S(=O)(=O)c1ccccc1)N1CCC(C(=O)N2CCCC2)CC1. The Morgan fingerprint density at radius 2 is 1.43 bits per heavy atom. The molecule has 0 aliphatic carbocycles. The van der Waals surface area contributed by atoms with E-state index in [2.05, 4.69) is 0 Å². The maximum Gasteiger partial charge on any atom is 0.265 e. The number of amides is 2. The summed E-state index contributed by atoms with van der Waals surface area (Å²) in [5, 5.41) is 0. The van der Waals surface area contributed by atoms with Crippen molar-refractivity contribution in [2.45, 2.75) is 36.6 Å². The molecule has 0 N–H and O–H groups in total. The van der Waals surface area contributed by atoms with Crippen molar-refractivity contribution in [3.8, 4) is 5.75 Å². The number of hydrogen-bond acceptors (Lipinski definition) is 5. The zero-order chi connectivity index (χ0) is 27.7. The second-order valence-corrected chi connectivity index (χ2v) is 12.4. The molecule has 0 saturated carbocycles. The summed E-state index contributed by atoms with van der Waals surface area (Å²) in [5.41, 5.74) is 1.66. The van der Waals surface area contributed by atoms with Gasteiger partial charge in [-0.2, -0.15) is 0 Å². The summed E-state index contributed by atoms with van der Waals surface area (Å²) >= 11 is 0. The van der Waals surface area contributed by atoms with Crippen molar-refractivity contribution in [2.24, 2.45) is 5.92 Å². The van der Waals surface area contributed by atoms with Crippen LogP contribution in [0.5, 0.6) is 5.75 Å². The highest BCUT2D eigenvalue weighted by molar-refractivity contribution is 7.92. The number of fused-ring (bicyclic) bond motifs is 1. The van der Waals surface area contributed by atoms with Gasteiger partial charge >= 0.3 is 0 Å². The van der Waals surface area contributed by atoms with Crippen LogP contribution < -0.4 is 9.04 Å². The normalized spacial score (nSPS) is 19.7. The molecule has 0 bridgehead atoms. The van der Waals surface area contributed by atoms with Crippen LogP contribution in [-0.2, 0) is 14.8 Å². The van der Waals surface area contributed by atoms with Gasteiger partial charge in [0.2, 0.25) is 5.91 Å². The second kappa shape index (κ2) is 11.0. The third kappa shape index (κ3) is 4.94. The van der Waals surface area contributed by atoms with Gasteiger partial charge < -0.3 is 14.5 Å². The fraction of sp³-hybridized carbons (Fsp3) is 0.355. The molecule has 0 radical (unpaired) electrons. The highest BCUT2D eigenvalue weighted by atomic mass is 32.2. The fourth-order valence-electron chi connectivity index (χ4n) is 5.97. The number of rotatable bonds is 5. The predicted octanol–water partition coefficient (Wildman–Crippen LogP) is 4.49. The number of benzene rings is 3. The van der Waals surface area contributed by atoms with Gasteiger partial charge in [-0.25, -0.2) is 8.42 Å². The van der Waals surface area contributed by atoms with Crippen LogP contribution in [0.2, 0.25) is 0 Å². The van der Waals surface area contributed by atoms with E-state index in [1.807, 2.05) is 35.2 Å². The van der Waals surface area contributed by atoms with Gasteiger partial charge in [-0.3, -0.25) is 13.9 Å². The third-order valence-electron chi connectivity index (χ3n) is 8.16. The number of hydrogen-bond donors (Lipinski definition) is 0. The molecule has 3 aromatic carbocycles. The number of sulfonamides is 1. The number of likely N-dealkylation sites (tertiary alicyclic amines) is 2. The third-order valence-corrected chi connectivity index (χ3v) is 9.99. The molecule has 3 aromatic rings. The quantitative estimate of drug-likeness (QED) is 0.460. The van der Waals surface area contributed by atoms with Gasteiger partial charge in [-0.15, -0.1) is 0 Å². The monoisotopic (exact) mass is 559 g/mol. The lowest BCUT2D eigenvalue weighted by Gasteiger charge is -2.38. The zero-order valence-corrected chi connectivity index (χ0v) is 23.1. The molecule has 40 heavy (non-hydrogen) atoms. The minimum atomic E-state index is -3.93. The Labute approximate surface area is 235 Å². The van der Waals surface area contributed by atoms with Crippen molar-refractivity contribution < 1.29 is 22.7 Å². The van der Waals surface area contributed by atoms with Crippen LogP contribution in [0.15, 0.2) is 83.8 Å². The van der Waals surface area contributed by atoms with Crippen LogP contribution >= 0.6 is 0 Å². The Morgan fingerprint density at radius 3 is 2.10 bits per heavy atom. The topological polar surface area (TPSA) is 87.2 Å². The number of carbonyl (C=O) groups excluding carboxylic acids is 2. The number of anilines is 1. The van der Waals surface area contributed by atoms with Crippen LogP contribution in [0.3, 0.4) is 0 Å². The molecule has 0 spiro atoms. The predicted molar refractivity (Wildman–Crippen MR) is 152 cm³/mol. The molecule has 1 unspecified atom stereocenters. The standard InChI is InChI=1S/C31H33N3O5S/c35-30(32-17-7-8-18-32)24-15-19-33(20-16-24)31(36)25-13-14-27-29(21-25)39-22-28(23-9-3-1-4-10-23)34(27)40(37,38)26-11-5-2-6-12-26/h1-6,9-14,21,24,28H,7-8,15-20,22H2. The van der Waals surface area contributed by atoms with Crippen molar-refractivity contribution >= 4 is 27.5 Å². The summed E-state index contributed by atoms with van der Waals surface area (Å²) in [5.74, 6) is 0.415. The molecule has 3 aliphatic rings. The lowest BCUT2D eigenvalue weighted by Crippen LogP contribution is -2.44. The van der Waals surface area contributed by atoms with Crippen molar-refractivity contribution in [3.05, 3.63) is 90.0 Å². The van der Waals surface area contributed by atoms with Crippen LogP contribution in [0.4, 0.5) is 5.69 Å². The minimum Gasteiger partial charge on any atom is -0.489 e. The van der Waals surface area contributed by atoms with E-state index >= 15 is 0 Å². The van der Waals surface area contributed by atoms with E-state index in [-0.39, 0.29) is 29.2 Å². The highest BCUT2D eigenvalue weighted by Crippen LogP contribution is 2.43. The first-order valence-corrected chi connectivity index (χ1v) is 15.4. The van der Waals surface area contributed by atoms with E-state index in [4.69, 9.17) is 4.74 Å². The van der Waals surface area contributed by atoms with Crippen molar-refractivity contribution in [1.82, 2.24) is 9.80 Å². The first-order valence-electron chi connectivity index (χ1n) is 13.9. The van der Waals surface area contributed by atoms with E-state index in [9.17, 15) is 18.0 Å². The van der Waals surface area contributed by atoms with Crippen molar-refractivity contribution in [3.63, 3.8) is 0 Å². The van der Waals surface area contributed by atoms with Gasteiger partial charge in [0.05, 0.1) is 10.6 Å². The van der Waals surface area contributed by atoms with E-state index in [1.54, 1.807) is 53.4 Å². The summed E-state index contributed by atoms with van der Waals surface area (Å²) < 4.78 is 35.4. The van der Waals surface area contributed by atoms with Gasteiger partial charge in [0.15, 0.2) is 0 Å². The first kappa shape index (κ1) is 26.4. The average Bonchev–Trinajstić information content (AvgIpc) is 3.56. The molecule has 9 heteroatoms. The minimum absolute atomic E-state index is 0.0271. The summed E-state index contributed by atoms with van der Waals surface area (Å²) in [4.78, 5) is 30.2. The molecule has 3 heterocycles. The largest absolute Gasteiger partial charge is 0.489 e. The van der Waals surface area contributed by atoms with Gasteiger partial charge in [0.1, 0.15) is 18.4 Å². The summed E-state index contributed by atoms with van der Waals surface area (Å²) in [7, 11) is -3.93.